The molecule has 0 bridgehead atoms. The average Bonchev–Trinajstić information content (AvgIpc) is 3.16. The fourth-order valence-corrected chi connectivity index (χ4v) is 3.56. The second kappa shape index (κ2) is 9.86. The van der Waals surface area contributed by atoms with Crippen molar-refractivity contribution >= 4 is 5.91 Å². The molecule has 1 heterocycles. The normalized spacial score (nSPS) is 11.5. The highest BCUT2D eigenvalue weighted by Gasteiger charge is 2.31. The van der Waals surface area contributed by atoms with Crippen LogP contribution in [0.4, 0.5) is 13.2 Å². The van der Waals surface area contributed by atoms with Gasteiger partial charge >= 0.3 is 6.18 Å². The summed E-state index contributed by atoms with van der Waals surface area (Å²) in [6.07, 6.45) is -0.850. The topological polar surface area (TPSA) is 25.2 Å². The minimum absolute atomic E-state index is 0.0581. The molecule has 6 heteroatoms. The number of hydrogen-bond donors (Lipinski definition) is 0. The number of halogens is 3. The molecule has 3 nitrogen and oxygen atoms in total. The zero-order valence-corrected chi connectivity index (χ0v) is 17.8. The fraction of sp³-hybridized carbons (Fsp3) is 0.320. The number of amides is 1. The van der Waals surface area contributed by atoms with Crippen LogP contribution in [0.1, 0.15) is 52.5 Å². The Morgan fingerprint density at radius 2 is 1.81 bits per heavy atom. The Kier molecular flexibility index (Phi) is 7.21. The molecule has 3 aromatic rings. The highest BCUT2D eigenvalue weighted by molar-refractivity contribution is 5.94. The van der Waals surface area contributed by atoms with Crippen molar-refractivity contribution in [1.29, 1.82) is 0 Å². The monoisotopic (exact) mass is 428 g/mol. The number of nitrogens with zero attached hydrogens (tertiary/aromatic N) is 2. The van der Waals surface area contributed by atoms with Gasteiger partial charge in [0.2, 0.25) is 0 Å². The number of aromatic nitrogens is 1. The third kappa shape index (κ3) is 6.00. The van der Waals surface area contributed by atoms with Crippen molar-refractivity contribution in [3.05, 3.63) is 94.8 Å². The molecule has 0 saturated heterocycles. The lowest BCUT2D eigenvalue weighted by molar-refractivity contribution is -0.137. The molecule has 2 aromatic carbocycles. The minimum atomic E-state index is -4.48. The summed E-state index contributed by atoms with van der Waals surface area (Å²) in [5.41, 5.74) is 2.52. The standard InChI is InChI=1S/C25H27F3N2O/c1-3-4-13-30(24(31)21-10-6-11-22(16-21)25(26,27)28)18-23-12-7-14-29(23)17-20-9-5-8-19(2)15-20/h5-12,14-16H,3-4,13,17-18H2,1-2H3. The lowest BCUT2D eigenvalue weighted by atomic mass is 10.1. The van der Waals surface area contributed by atoms with Crippen molar-refractivity contribution in [3.8, 4) is 0 Å². The van der Waals surface area contributed by atoms with Gasteiger partial charge in [0.1, 0.15) is 0 Å². The van der Waals surface area contributed by atoms with Crippen molar-refractivity contribution in [2.24, 2.45) is 0 Å². The number of unbranched alkanes of at least 4 members (excludes halogenated alkanes) is 1. The van der Waals surface area contributed by atoms with Crippen LogP contribution in [-0.2, 0) is 19.3 Å². The summed E-state index contributed by atoms with van der Waals surface area (Å²) in [4.78, 5) is 14.8. The van der Waals surface area contributed by atoms with Crippen LogP contribution in [0.2, 0.25) is 0 Å². The molecule has 31 heavy (non-hydrogen) atoms. The minimum Gasteiger partial charge on any atom is -0.345 e. The molecular formula is C25H27F3N2O. The van der Waals surface area contributed by atoms with E-state index in [-0.39, 0.29) is 11.5 Å². The van der Waals surface area contributed by atoms with E-state index in [0.717, 1.165) is 36.2 Å². The van der Waals surface area contributed by atoms with E-state index in [1.165, 1.54) is 17.7 Å². The first-order valence-electron chi connectivity index (χ1n) is 10.4. The van der Waals surface area contributed by atoms with Gasteiger partial charge in [-0.05, 0) is 49.2 Å². The number of carbonyl (C=O) groups excluding carboxylic acids is 1. The molecule has 164 valence electrons. The second-order valence-electron chi connectivity index (χ2n) is 7.78. The maximum absolute atomic E-state index is 13.1. The van der Waals surface area contributed by atoms with E-state index < -0.39 is 11.7 Å². The molecule has 0 radical (unpaired) electrons. The largest absolute Gasteiger partial charge is 0.416 e. The summed E-state index contributed by atoms with van der Waals surface area (Å²) in [6.45, 7) is 5.56. The molecule has 3 rings (SSSR count). The fourth-order valence-electron chi connectivity index (χ4n) is 3.56. The molecule has 0 spiro atoms. The number of aryl methyl sites for hydroxylation is 1. The van der Waals surface area contributed by atoms with E-state index in [1.54, 1.807) is 4.90 Å². The summed E-state index contributed by atoms with van der Waals surface area (Å²) < 4.78 is 41.4. The van der Waals surface area contributed by atoms with Crippen molar-refractivity contribution in [1.82, 2.24) is 9.47 Å². The molecule has 0 saturated carbocycles. The molecule has 1 amide bonds. The van der Waals surface area contributed by atoms with E-state index in [9.17, 15) is 18.0 Å². The molecule has 1 aromatic heterocycles. The first-order valence-corrected chi connectivity index (χ1v) is 10.4. The van der Waals surface area contributed by atoms with E-state index in [4.69, 9.17) is 0 Å². The van der Waals surface area contributed by atoms with Gasteiger partial charge in [-0.25, -0.2) is 0 Å². The van der Waals surface area contributed by atoms with E-state index in [0.29, 0.717) is 19.6 Å². The van der Waals surface area contributed by atoms with Crippen LogP contribution in [0.15, 0.2) is 66.9 Å². The van der Waals surface area contributed by atoms with E-state index in [1.807, 2.05) is 44.3 Å². The van der Waals surface area contributed by atoms with Crippen LogP contribution in [0.25, 0.3) is 0 Å². The van der Waals surface area contributed by atoms with Gasteiger partial charge in [0.05, 0.1) is 12.1 Å². The first kappa shape index (κ1) is 22.7. The molecular weight excluding hydrogens is 401 g/mol. The molecule has 0 atom stereocenters. The Labute approximate surface area is 181 Å². The Balaban J connectivity index is 1.83. The summed E-state index contributed by atoms with van der Waals surface area (Å²) >= 11 is 0. The molecule has 0 unspecified atom stereocenters. The highest BCUT2D eigenvalue weighted by atomic mass is 19.4. The SMILES string of the molecule is CCCCN(Cc1cccn1Cc1cccc(C)c1)C(=O)c1cccc(C(F)(F)F)c1. The predicted molar refractivity (Wildman–Crippen MR) is 116 cm³/mol. The maximum atomic E-state index is 13.1. The number of hydrogen-bond acceptors (Lipinski definition) is 1. The predicted octanol–water partition coefficient (Wildman–Crippen LogP) is 6.31. The molecule has 0 aliphatic carbocycles. The van der Waals surface area contributed by atoms with Gasteiger partial charge in [-0.3, -0.25) is 4.79 Å². The van der Waals surface area contributed by atoms with Crippen LogP contribution in [0, 0.1) is 6.92 Å². The van der Waals surface area contributed by atoms with Crippen molar-refractivity contribution < 1.29 is 18.0 Å². The third-order valence-electron chi connectivity index (χ3n) is 5.22. The van der Waals surface area contributed by atoms with Gasteiger partial charge < -0.3 is 9.47 Å². The van der Waals surface area contributed by atoms with Crippen molar-refractivity contribution in [2.45, 2.75) is 46.0 Å². The van der Waals surface area contributed by atoms with Gasteiger partial charge in [-0.2, -0.15) is 13.2 Å². The van der Waals surface area contributed by atoms with Crippen LogP contribution >= 0.6 is 0 Å². The van der Waals surface area contributed by atoms with E-state index >= 15 is 0 Å². The summed E-state index contributed by atoms with van der Waals surface area (Å²) in [7, 11) is 0. The summed E-state index contributed by atoms with van der Waals surface area (Å²) in [5.74, 6) is -0.386. The average molecular weight is 428 g/mol. The zero-order chi connectivity index (χ0) is 22.4. The summed E-state index contributed by atoms with van der Waals surface area (Å²) in [5, 5.41) is 0. The quantitative estimate of drug-likeness (QED) is 0.413. The Hall–Kier alpha value is -3.02. The van der Waals surface area contributed by atoms with Crippen LogP contribution in [-0.4, -0.2) is 21.9 Å². The number of carbonyl (C=O) groups is 1. The lowest BCUT2D eigenvalue weighted by Gasteiger charge is -2.24. The van der Waals surface area contributed by atoms with Gasteiger partial charge in [0.25, 0.3) is 5.91 Å². The molecule has 0 aliphatic rings. The second-order valence-corrected chi connectivity index (χ2v) is 7.78. The smallest absolute Gasteiger partial charge is 0.345 e. The number of rotatable bonds is 8. The van der Waals surface area contributed by atoms with E-state index in [2.05, 4.69) is 16.7 Å². The maximum Gasteiger partial charge on any atom is 0.416 e. The van der Waals surface area contributed by atoms with Gasteiger partial charge in [0.15, 0.2) is 0 Å². The Morgan fingerprint density at radius 3 is 2.52 bits per heavy atom. The highest BCUT2D eigenvalue weighted by Crippen LogP contribution is 2.30. The molecule has 0 N–H and O–H groups in total. The van der Waals surface area contributed by atoms with Crippen LogP contribution < -0.4 is 0 Å². The Morgan fingerprint density at radius 1 is 1.03 bits per heavy atom. The number of benzene rings is 2. The first-order chi connectivity index (χ1) is 14.8. The Bertz CT molecular complexity index is 1020. The third-order valence-corrected chi connectivity index (χ3v) is 5.22. The molecule has 0 fully saturated rings. The van der Waals surface area contributed by atoms with Gasteiger partial charge in [-0.15, -0.1) is 0 Å². The molecule has 0 aliphatic heterocycles. The van der Waals surface area contributed by atoms with Crippen LogP contribution in [0.5, 0.6) is 0 Å². The van der Waals surface area contributed by atoms with Gasteiger partial charge in [-0.1, -0.05) is 49.2 Å². The van der Waals surface area contributed by atoms with Crippen LogP contribution in [0.3, 0.4) is 0 Å². The van der Waals surface area contributed by atoms with Crippen molar-refractivity contribution in [3.63, 3.8) is 0 Å². The summed E-state index contributed by atoms with van der Waals surface area (Å²) in [6, 6.07) is 16.8. The number of alkyl halides is 3. The lowest BCUT2D eigenvalue weighted by Crippen LogP contribution is -2.32. The van der Waals surface area contributed by atoms with Gasteiger partial charge in [0, 0.05) is 30.5 Å². The zero-order valence-electron chi connectivity index (χ0n) is 17.8. The van der Waals surface area contributed by atoms with Crippen molar-refractivity contribution in [2.75, 3.05) is 6.54 Å².